The minimum absolute atomic E-state index is 0.0598. The van der Waals surface area contributed by atoms with Gasteiger partial charge in [-0.15, -0.1) is 11.8 Å². The molecule has 28 heavy (non-hydrogen) atoms. The van der Waals surface area contributed by atoms with Crippen LogP contribution < -0.4 is 10.3 Å². The highest BCUT2D eigenvalue weighted by atomic mass is 32.2. The molecule has 0 spiro atoms. The maximum Gasteiger partial charge on any atom is 0.250 e. The maximum absolute atomic E-state index is 13.7. The number of carbonyl (C=O) groups excluding carboxylic acids is 1. The van der Waals surface area contributed by atoms with Crippen molar-refractivity contribution in [3.05, 3.63) is 66.0 Å². The molecule has 1 fully saturated rings. The quantitative estimate of drug-likeness (QED) is 0.424. The minimum atomic E-state index is -0.319. The maximum atomic E-state index is 13.7. The monoisotopic (exact) mass is 402 g/mol. The van der Waals surface area contributed by atoms with Crippen LogP contribution in [-0.4, -0.2) is 43.7 Å². The second-order valence-electron chi connectivity index (χ2n) is 6.62. The average molecular weight is 403 g/mol. The summed E-state index contributed by atoms with van der Waals surface area (Å²) in [5.74, 6) is -0.463. The van der Waals surface area contributed by atoms with Crippen molar-refractivity contribution in [1.29, 1.82) is 0 Å². The highest BCUT2D eigenvalue weighted by Crippen LogP contribution is 2.20. The predicted molar refractivity (Wildman–Crippen MR) is 109 cm³/mol. The second-order valence-corrected chi connectivity index (χ2v) is 7.64. The molecule has 1 amide bonds. The van der Waals surface area contributed by atoms with Crippen LogP contribution in [0.25, 0.3) is 0 Å². The molecular weight excluding hydrogens is 377 g/mol. The fourth-order valence-electron chi connectivity index (χ4n) is 3.29. The molecule has 2 aromatic carbocycles. The molecule has 1 aliphatic rings. The third kappa shape index (κ3) is 5.64. The summed E-state index contributed by atoms with van der Waals surface area (Å²) < 4.78 is 19.1. The lowest BCUT2D eigenvalue weighted by Crippen LogP contribution is -3.15. The molecule has 0 saturated carbocycles. The first-order chi connectivity index (χ1) is 13.6. The summed E-state index contributed by atoms with van der Waals surface area (Å²) in [7, 11) is 0. The normalized spacial score (nSPS) is 16.6. The molecular formula is C21H25FN3O2S+. The van der Waals surface area contributed by atoms with E-state index in [9.17, 15) is 9.18 Å². The van der Waals surface area contributed by atoms with Crippen molar-refractivity contribution >= 4 is 23.4 Å². The Morgan fingerprint density at radius 1 is 1.18 bits per heavy atom. The lowest BCUT2D eigenvalue weighted by atomic mass is 10.0. The van der Waals surface area contributed by atoms with Gasteiger partial charge >= 0.3 is 0 Å². The number of thioether (sulfide) groups is 1. The van der Waals surface area contributed by atoms with E-state index in [2.05, 4.69) is 22.7 Å². The van der Waals surface area contributed by atoms with Crippen LogP contribution in [0, 0.1) is 5.82 Å². The molecule has 1 saturated heterocycles. The summed E-state index contributed by atoms with van der Waals surface area (Å²) in [4.78, 5) is 14.0. The van der Waals surface area contributed by atoms with E-state index in [1.807, 2.05) is 25.1 Å². The van der Waals surface area contributed by atoms with Crippen molar-refractivity contribution < 1.29 is 18.8 Å². The minimum Gasteiger partial charge on any atom is -0.370 e. The summed E-state index contributed by atoms with van der Waals surface area (Å²) >= 11 is 1.16. The molecule has 0 aliphatic carbocycles. The Bertz CT molecular complexity index is 810. The smallest absolute Gasteiger partial charge is 0.250 e. The Balaban J connectivity index is 1.64. The van der Waals surface area contributed by atoms with Crippen LogP contribution in [0.3, 0.4) is 0 Å². The number of halogens is 1. The highest BCUT2D eigenvalue weighted by Gasteiger charge is 2.29. The van der Waals surface area contributed by atoms with E-state index in [0.717, 1.165) is 49.3 Å². The number of ether oxygens (including phenoxy) is 1. The van der Waals surface area contributed by atoms with Crippen LogP contribution in [-0.2, 0) is 9.53 Å². The largest absolute Gasteiger partial charge is 0.370 e. The molecule has 2 aromatic rings. The molecule has 148 valence electrons. The number of hydrazone groups is 1. The van der Waals surface area contributed by atoms with Crippen LogP contribution in [0.15, 0.2) is 64.6 Å². The molecule has 2 N–H and O–H groups in total. The first kappa shape index (κ1) is 20.5. The van der Waals surface area contributed by atoms with Crippen LogP contribution in [0.2, 0.25) is 0 Å². The first-order valence-corrected chi connectivity index (χ1v) is 10.3. The van der Waals surface area contributed by atoms with E-state index in [1.165, 1.54) is 11.0 Å². The van der Waals surface area contributed by atoms with Crippen molar-refractivity contribution in [2.75, 3.05) is 32.1 Å². The van der Waals surface area contributed by atoms with Gasteiger partial charge < -0.3 is 9.64 Å². The Morgan fingerprint density at radius 2 is 1.86 bits per heavy atom. The summed E-state index contributed by atoms with van der Waals surface area (Å²) in [6, 6.07) is 16.7. The summed E-state index contributed by atoms with van der Waals surface area (Å²) in [6.45, 7) is 5.16. The Kier molecular flexibility index (Phi) is 7.59. The molecule has 0 bridgehead atoms. The SMILES string of the molecule is C/C(=N/NC(=O)CSc1ccccc1F)[C@H](c1ccccc1)[NH+]1CCOCC1. The lowest BCUT2D eigenvalue weighted by Gasteiger charge is -2.31. The van der Waals surface area contributed by atoms with Gasteiger partial charge in [-0.05, 0) is 19.1 Å². The lowest BCUT2D eigenvalue weighted by molar-refractivity contribution is -0.928. The molecule has 0 radical (unpaired) electrons. The number of benzene rings is 2. The zero-order valence-corrected chi connectivity index (χ0v) is 16.7. The van der Waals surface area contributed by atoms with Crippen LogP contribution in [0.1, 0.15) is 18.5 Å². The van der Waals surface area contributed by atoms with Crippen LogP contribution in [0.5, 0.6) is 0 Å². The Hall–Kier alpha value is -2.22. The van der Waals surface area contributed by atoms with Gasteiger partial charge in [0.1, 0.15) is 18.9 Å². The van der Waals surface area contributed by atoms with Crippen molar-refractivity contribution in [3.63, 3.8) is 0 Å². The average Bonchev–Trinajstić information content (AvgIpc) is 2.73. The van der Waals surface area contributed by atoms with Gasteiger partial charge in [0.25, 0.3) is 0 Å². The Morgan fingerprint density at radius 3 is 2.57 bits per heavy atom. The number of nitrogens with one attached hydrogen (secondary N) is 2. The van der Waals surface area contributed by atoms with Crippen molar-refractivity contribution in [1.82, 2.24) is 5.43 Å². The second kappa shape index (κ2) is 10.4. The number of hydrogen-bond acceptors (Lipinski definition) is 4. The van der Waals surface area contributed by atoms with Gasteiger partial charge in [-0.2, -0.15) is 5.10 Å². The molecule has 0 aromatic heterocycles. The highest BCUT2D eigenvalue weighted by molar-refractivity contribution is 8.00. The van der Waals surface area contributed by atoms with Crippen LogP contribution in [0.4, 0.5) is 4.39 Å². The van der Waals surface area contributed by atoms with Gasteiger partial charge in [0.15, 0.2) is 6.04 Å². The van der Waals surface area contributed by atoms with Gasteiger partial charge in [0.05, 0.1) is 24.7 Å². The summed E-state index contributed by atoms with van der Waals surface area (Å²) in [6.07, 6.45) is 0. The van der Waals surface area contributed by atoms with E-state index in [1.54, 1.807) is 18.2 Å². The van der Waals surface area contributed by atoms with E-state index in [0.29, 0.717) is 4.90 Å². The number of rotatable bonds is 7. The number of nitrogens with zero attached hydrogens (tertiary/aromatic N) is 1. The number of amides is 1. The third-order valence-electron chi connectivity index (χ3n) is 4.65. The Labute approximate surface area is 169 Å². The van der Waals surface area contributed by atoms with E-state index in [4.69, 9.17) is 4.74 Å². The molecule has 1 aliphatic heterocycles. The molecule has 7 heteroatoms. The first-order valence-electron chi connectivity index (χ1n) is 9.33. The summed E-state index contributed by atoms with van der Waals surface area (Å²) in [5.41, 5.74) is 4.63. The number of morpholine rings is 1. The van der Waals surface area contributed by atoms with Gasteiger partial charge in [-0.25, -0.2) is 9.82 Å². The van der Waals surface area contributed by atoms with Crippen molar-refractivity contribution in [3.8, 4) is 0 Å². The van der Waals surface area contributed by atoms with Crippen molar-refractivity contribution in [2.24, 2.45) is 5.10 Å². The van der Waals surface area contributed by atoms with Crippen molar-refractivity contribution in [2.45, 2.75) is 17.9 Å². The van der Waals surface area contributed by atoms with E-state index in [-0.39, 0.29) is 23.5 Å². The molecule has 0 unspecified atom stereocenters. The predicted octanol–water partition coefficient (Wildman–Crippen LogP) is 2.07. The fraction of sp³-hybridized carbons (Fsp3) is 0.333. The van der Waals surface area contributed by atoms with Gasteiger partial charge in [0, 0.05) is 10.5 Å². The topological polar surface area (TPSA) is 55.1 Å². The fourth-order valence-corrected chi connectivity index (χ4v) is 4.02. The van der Waals surface area contributed by atoms with Gasteiger partial charge in [-0.1, -0.05) is 42.5 Å². The summed E-state index contributed by atoms with van der Waals surface area (Å²) in [5, 5.41) is 4.36. The number of quaternary nitrogens is 1. The van der Waals surface area contributed by atoms with E-state index < -0.39 is 0 Å². The molecule has 1 heterocycles. The number of carbonyl (C=O) groups is 1. The standard InChI is InChI=1S/C21H24FN3O2S/c1-16(23-24-20(26)15-28-19-10-6-5-9-18(19)22)21(17-7-3-2-4-8-17)25-11-13-27-14-12-25/h2-10,21H,11-15H2,1H3,(H,24,26)/p+1/b23-16-/t21-/m1/s1. The van der Waals surface area contributed by atoms with Gasteiger partial charge in [-0.3, -0.25) is 4.79 Å². The number of hydrogen-bond donors (Lipinski definition) is 2. The zero-order chi connectivity index (χ0) is 19.8. The van der Waals surface area contributed by atoms with Gasteiger partial charge in [0.2, 0.25) is 5.91 Å². The molecule has 5 nitrogen and oxygen atoms in total. The molecule has 1 atom stereocenters. The third-order valence-corrected chi connectivity index (χ3v) is 5.69. The van der Waals surface area contributed by atoms with Crippen LogP contribution >= 0.6 is 11.8 Å². The molecule has 3 rings (SSSR count). The zero-order valence-electron chi connectivity index (χ0n) is 15.9. The van der Waals surface area contributed by atoms with E-state index >= 15 is 0 Å².